The first-order valence-corrected chi connectivity index (χ1v) is 13.3. The zero-order valence-corrected chi connectivity index (χ0v) is 25.0. The predicted octanol–water partition coefficient (Wildman–Crippen LogP) is 8.80. The monoisotopic (exact) mass is 509 g/mol. The molecule has 204 valence electrons. The minimum absolute atomic E-state index is 0.00182. The lowest BCUT2D eigenvalue weighted by Crippen LogP contribution is -2.48. The average molecular weight is 510 g/mol. The average Bonchev–Trinajstić information content (AvgIpc) is 3.29. The van der Waals surface area contributed by atoms with E-state index in [4.69, 9.17) is 13.9 Å². The van der Waals surface area contributed by atoms with Crippen LogP contribution < -0.4 is 4.74 Å². The predicted molar refractivity (Wildman–Crippen MR) is 152 cm³/mol. The van der Waals surface area contributed by atoms with Crippen molar-refractivity contribution in [1.82, 2.24) is 4.57 Å². The van der Waals surface area contributed by atoms with Crippen molar-refractivity contribution < 1.29 is 18.7 Å². The van der Waals surface area contributed by atoms with E-state index in [9.17, 15) is 4.79 Å². The van der Waals surface area contributed by atoms with E-state index in [1.807, 2.05) is 88.8 Å². The van der Waals surface area contributed by atoms with Crippen LogP contribution in [0.2, 0.25) is 0 Å². The molecule has 0 amide bonds. The molecule has 37 heavy (non-hydrogen) atoms. The minimum atomic E-state index is -0.709. The van der Waals surface area contributed by atoms with Crippen LogP contribution in [0.4, 0.5) is 0 Å². The molecule has 0 radical (unpaired) electrons. The van der Waals surface area contributed by atoms with Crippen LogP contribution in [0.1, 0.15) is 89.0 Å². The number of hydrogen-bond donors (Lipinski definition) is 0. The number of hydrogen-bond acceptors (Lipinski definition) is 4. The van der Waals surface area contributed by atoms with Crippen molar-refractivity contribution in [1.29, 1.82) is 0 Å². The lowest BCUT2D eigenvalue weighted by molar-refractivity contribution is -0.181. The Balaban J connectivity index is 1.76. The van der Waals surface area contributed by atoms with Crippen molar-refractivity contribution >= 4 is 16.9 Å². The molecule has 0 saturated heterocycles. The SMILES string of the molecule is Cn1cccc1-c1cc2ccc(OC(C)(C)CC(C)(C)OC(=O)C(C)(CC(C)(C)C)C(C)(C)C)cc2o1. The Morgan fingerprint density at radius 1 is 0.865 bits per heavy atom. The van der Waals surface area contributed by atoms with E-state index in [-0.39, 0.29) is 16.8 Å². The number of rotatable bonds is 8. The zero-order chi connectivity index (χ0) is 28.0. The Morgan fingerprint density at radius 2 is 1.51 bits per heavy atom. The molecule has 3 rings (SSSR count). The second-order valence-electron chi connectivity index (χ2n) is 14.3. The Morgan fingerprint density at radius 3 is 2.05 bits per heavy atom. The summed E-state index contributed by atoms with van der Waals surface area (Å²) >= 11 is 0. The third-order valence-corrected chi connectivity index (χ3v) is 7.29. The molecular weight excluding hydrogens is 462 g/mol. The number of esters is 1. The molecule has 5 nitrogen and oxygen atoms in total. The van der Waals surface area contributed by atoms with Gasteiger partial charge in [0.05, 0.1) is 11.1 Å². The van der Waals surface area contributed by atoms with Crippen LogP contribution in [0.3, 0.4) is 0 Å². The zero-order valence-electron chi connectivity index (χ0n) is 25.0. The number of furan rings is 1. The quantitative estimate of drug-likeness (QED) is 0.285. The van der Waals surface area contributed by atoms with Gasteiger partial charge < -0.3 is 18.5 Å². The van der Waals surface area contributed by atoms with E-state index in [1.54, 1.807) is 0 Å². The summed E-state index contributed by atoms with van der Waals surface area (Å²) in [6.45, 7) is 22.9. The highest BCUT2D eigenvalue weighted by atomic mass is 16.6. The lowest BCUT2D eigenvalue weighted by Gasteiger charge is -2.45. The first-order chi connectivity index (χ1) is 16.7. The summed E-state index contributed by atoms with van der Waals surface area (Å²) in [5, 5.41) is 1.02. The maximum atomic E-state index is 13.6. The summed E-state index contributed by atoms with van der Waals surface area (Å²) in [5.41, 5.74) is -0.343. The Hall–Kier alpha value is -2.69. The molecule has 0 spiro atoms. The van der Waals surface area contributed by atoms with Crippen molar-refractivity contribution in [3.05, 3.63) is 42.6 Å². The van der Waals surface area contributed by atoms with Gasteiger partial charge in [-0.2, -0.15) is 0 Å². The highest BCUT2D eigenvalue weighted by molar-refractivity contribution is 5.83. The molecule has 1 unspecified atom stereocenters. The number of carbonyl (C=O) groups is 1. The summed E-state index contributed by atoms with van der Waals surface area (Å²) in [7, 11) is 2.00. The molecule has 0 aliphatic rings. The van der Waals surface area contributed by atoms with Crippen molar-refractivity contribution in [2.75, 3.05) is 0 Å². The summed E-state index contributed by atoms with van der Waals surface area (Å²) in [6.07, 6.45) is 3.28. The summed E-state index contributed by atoms with van der Waals surface area (Å²) in [6, 6.07) is 12.0. The van der Waals surface area contributed by atoms with Crippen LogP contribution in [-0.4, -0.2) is 21.7 Å². The van der Waals surface area contributed by atoms with Crippen LogP contribution in [0.15, 0.2) is 47.0 Å². The van der Waals surface area contributed by atoms with Crippen molar-refractivity contribution in [3.63, 3.8) is 0 Å². The van der Waals surface area contributed by atoms with Crippen LogP contribution in [-0.2, 0) is 16.6 Å². The Labute approximate surface area is 223 Å². The summed E-state index contributed by atoms with van der Waals surface area (Å²) in [4.78, 5) is 13.6. The van der Waals surface area contributed by atoms with Gasteiger partial charge in [-0.15, -0.1) is 0 Å². The molecule has 1 aromatic carbocycles. The smallest absolute Gasteiger partial charge is 0.312 e. The van der Waals surface area contributed by atoms with Gasteiger partial charge >= 0.3 is 5.97 Å². The fourth-order valence-electron chi connectivity index (χ4n) is 5.40. The third kappa shape index (κ3) is 6.80. The molecule has 0 fully saturated rings. The van der Waals surface area contributed by atoms with E-state index in [1.165, 1.54) is 0 Å². The number of fused-ring (bicyclic) bond motifs is 1. The van der Waals surface area contributed by atoms with E-state index in [0.29, 0.717) is 6.42 Å². The normalized spacial score (nSPS) is 15.0. The standard InChI is InChI=1S/C32H47NO4/c1-28(2,3)20-32(11,29(4,5)6)27(34)37-31(9,10)21-30(7,8)36-23-16-15-22-18-26(35-25(22)19-23)24-14-13-17-33(24)12/h13-19H,20-21H2,1-12H3. The van der Waals surface area contributed by atoms with Crippen LogP contribution in [0.25, 0.3) is 22.4 Å². The van der Waals surface area contributed by atoms with Gasteiger partial charge in [0.15, 0.2) is 5.76 Å². The highest BCUT2D eigenvalue weighted by Gasteiger charge is 2.49. The second-order valence-corrected chi connectivity index (χ2v) is 14.3. The number of carbonyl (C=O) groups excluding carboxylic acids is 1. The van der Waals surface area contributed by atoms with E-state index >= 15 is 0 Å². The number of nitrogens with zero attached hydrogens (tertiary/aromatic N) is 1. The van der Waals surface area contributed by atoms with Gasteiger partial charge in [0.25, 0.3) is 0 Å². The van der Waals surface area contributed by atoms with Gasteiger partial charge in [-0.1, -0.05) is 41.5 Å². The molecular formula is C32H47NO4. The molecule has 2 aromatic heterocycles. The number of aryl methyl sites for hydroxylation is 1. The molecule has 3 aromatic rings. The molecule has 2 heterocycles. The maximum Gasteiger partial charge on any atom is 0.312 e. The second kappa shape index (κ2) is 9.56. The maximum absolute atomic E-state index is 13.6. The number of ether oxygens (including phenoxy) is 2. The van der Waals surface area contributed by atoms with Crippen molar-refractivity contribution in [2.45, 2.75) is 100 Å². The van der Waals surface area contributed by atoms with Crippen LogP contribution in [0, 0.1) is 16.2 Å². The van der Waals surface area contributed by atoms with Gasteiger partial charge in [0.1, 0.15) is 22.5 Å². The highest BCUT2D eigenvalue weighted by Crippen LogP contribution is 2.48. The van der Waals surface area contributed by atoms with E-state index < -0.39 is 16.6 Å². The third-order valence-electron chi connectivity index (χ3n) is 7.29. The van der Waals surface area contributed by atoms with Gasteiger partial charge in [-0.3, -0.25) is 4.79 Å². The molecule has 0 bridgehead atoms. The minimum Gasteiger partial charge on any atom is -0.488 e. The topological polar surface area (TPSA) is 53.6 Å². The van der Waals surface area contributed by atoms with Gasteiger partial charge in [0, 0.05) is 31.1 Å². The number of aromatic nitrogens is 1. The lowest BCUT2D eigenvalue weighted by atomic mass is 9.61. The van der Waals surface area contributed by atoms with Gasteiger partial charge in [-0.05, 0) is 82.2 Å². The summed E-state index contributed by atoms with van der Waals surface area (Å²) < 4.78 is 20.8. The van der Waals surface area contributed by atoms with Crippen LogP contribution >= 0.6 is 0 Å². The fourth-order valence-corrected chi connectivity index (χ4v) is 5.40. The fraction of sp³-hybridized carbons (Fsp3) is 0.594. The largest absolute Gasteiger partial charge is 0.488 e. The molecule has 5 heteroatoms. The van der Waals surface area contributed by atoms with Crippen molar-refractivity contribution in [3.8, 4) is 17.2 Å². The van der Waals surface area contributed by atoms with Crippen molar-refractivity contribution in [2.24, 2.45) is 23.3 Å². The summed E-state index contributed by atoms with van der Waals surface area (Å²) in [5.74, 6) is 1.39. The molecule has 0 aliphatic heterocycles. The molecule has 1 atom stereocenters. The van der Waals surface area contributed by atoms with E-state index in [0.717, 1.165) is 34.6 Å². The molecule has 0 N–H and O–H groups in total. The van der Waals surface area contributed by atoms with Gasteiger partial charge in [-0.25, -0.2) is 0 Å². The first-order valence-electron chi connectivity index (χ1n) is 13.3. The number of benzene rings is 1. The van der Waals surface area contributed by atoms with E-state index in [2.05, 4.69) is 41.5 Å². The van der Waals surface area contributed by atoms with Crippen LogP contribution in [0.5, 0.6) is 5.75 Å². The molecule has 0 aliphatic carbocycles. The van der Waals surface area contributed by atoms with Gasteiger partial charge in [0.2, 0.25) is 0 Å². The Kier molecular flexibility index (Phi) is 7.46. The molecule has 0 saturated carbocycles. The Bertz CT molecular complexity index is 1250. The first kappa shape index (κ1) is 28.9.